The molecule has 0 radical (unpaired) electrons. The SMILES string of the molecule is CC(C)(CI)C(=O)N(C/C=C/c1cnc2c(c1)C[C@@]1(C2)C(=O)NC2N=CC=CC21)[C@@H]1CCc2ccccc21. The number of halogens is 1. The number of amides is 2. The largest absolute Gasteiger partial charge is 0.333 e. The maximum Gasteiger partial charge on any atom is 0.229 e. The molecular weight excluding hydrogens is 587 g/mol. The average molecular weight is 621 g/mol. The number of dihydropyridines is 1. The maximum absolute atomic E-state index is 13.7. The van der Waals surface area contributed by atoms with Gasteiger partial charge in [-0.3, -0.25) is 19.6 Å². The fraction of sp³-hybridized carbons (Fsp3) is 0.419. The highest BCUT2D eigenvalue weighted by Gasteiger charge is 2.57. The molecule has 1 aromatic heterocycles. The van der Waals surface area contributed by atoms with Gasteiger partial charge in [-0.15, -0.1) is 0 Å². The van der Waals surface area contributed by atoms with Crippen LogP contribution in [0.3, 0.4) is 0 Å². The molecule has 3 heterocycles. The van der Waals surface area contributed by atoms with Crippen LogP contribution in [0, 0.1) is 16.7 Å². The van der Waals surface area contributed by atoms with Crippen LogP contribution in [-0.4, -0.2) is 45.1 Å². The second kappa shape index (κ2) is 9.74. The molecule has 1 N–H and O–H groups in total. The number of nitrogens with one attached hydrogen (secondary N) is 1. The van der Waals surface area contributed by atoms with Crippen LogP contribution in [0.15, 0.2) is 59.7 Å². The van der Waals surface area contributed by atoms with E-state index in [4.69, 9.17) is 4.98 Å². The molecule has 2 aliphatic carbocycles. The Balaban J connectivity index is 1.22. The maximum atomic E-state index is 13.7. The normalized spacial score (nSPS) is 27.0. The summed E-state index contributed by atoms with van der Waals surface area (Å²) in [4.78, 5) is 38.1. The van der Waals surface area contributed by atoms with E-state index in [1.807, 2.05) is 26.1 Å². The Morgan fingerprint density at radius 3 is 2.95 bits per heavy atom. The number of carbonyl (C=O) groups is 2. The van der Waals surface area contributed by atoms with Crippen molar-refractivity contribution in [2.45, 2.75) is 51.7 Å². The van der Waals surface area contributed by atoms with Crippen LogP contribution < -0.4 is 5.32 Å². The summed E-state index contributed by atoms with van der Waals surface area (Å²) in [6.07, 6.45) is 15.0. The van der Waals surface area contributed by atoms with Gasteiger partial charge >= 0.3 is 0 Å². The van der Waals surface area contributed by atoms with Crippen molar-refractivity contribution in [2.24, 2.45) is 21.7 Å². The van der Waals surface area contributed by atoms with Gasteiger partial charge in [0.2, 0.25) is 11.8 Å². The van der Waals surface area contributed by atoms with E-state index >= 15 is 0 Å². The lowest BCUT2D eigenvalue weighted by Crippen LogP contribution is -2.43. The Kier molecular flexibility index (Phi) is 6.53. The van der Waals surface area contributed by atoms with Crippen molar-refractivity contribution in [3.8, 4) is 0 Å². The number of carbonyl (C=O) groups excluding carboxylic acids is 2. The smallest absolute Gasteiger partial charge is 0.229 e. The Morgan fingerprint density at radius 1 is 1.26 bits per heavy atom. The molecule has 7 heteroatoms. The Hall–Kier alpha value is -2.81. The zero-order valence-electron chi connectivity index (χ0n) is 21.9. The average Bonchev–Trinajstić information content (AvgIpc) is 3.60. The lowest BCUT2D eigenvalue weighted by Gasteiger charge is -2.35. The van der Waals surface area contributed by atoms with Crippen molar-refractivity contribution < 1.29 is 9.59 Å². The second-order valence-corrected chi connectivity index (χ2v) is 12.4. The van der Waals surface area contributed by atoms with Crippen molar-refractivity contribution in [3.05, 3.63) is 82.7 Å². The zero-order chi connectivity index (χ0) is 26.5. The summed E-state index contributed by atoms with van der Waals surface area (Å²) in [6.45, 7) is 4.63. The van der Waals surface area contributed by atoms with E-state index in [2.05, 4.69) is 86.4 Å². The number of fused-ring (bicyclic) bond motifs is 4. The van der Waals surface area contributed by atoms with Crippen LogP contribution in [0.4, 0.5) is 0 Å². The van der Waals surface area contributed by atoms with Crippen LogP contribution >= 0.6 is 22.6 Å². The Bertz CT molecular complexity index is 1380. The molecule has 2 unspecified atom stereocenters. The molecule has 1 spiro atoms. The van der Waals surface area contributed by atoms with E-state index in [0.717, 1.165) is 34.1 Å². The van der Waals surface area contributed by atoms with Crippen LogP contribution in [0.25, 0.3) is 6.08 Å². The summed E-state index contributed by atoms with van der Waals surface area (Å²) in [5.74, 6) is 0.329. The first-order chi connectivity index (χ1) is 18.3. The summed E-state index contributed by atoms with van der Waals surface area (Å²) in [6, 6.07) is 10.8. The first-order valence-electron chi connectivity index (χ1n) is 13.4. The molecule has 196 valence electrons. The molecule has 2 aliphatic heterocycles. The van der Waals surface area contributed by atoms with Gasteiger partial charge in [0.25, 0.3) is 0 Å². The molecule has 1 saturated heterocycles. The predicted octanol–water partition coefficient (Wildman–Crippen LogP) is 4.87. The molecule has 2 aromatic rings. The molecule has 0 saturated carbocycles. The van der Waals surface area contributed by atoms with Crippen molar-refractivity contribution in [3.63, 3.8) is 0 Å². The summed E-state index contributed by atoms with van der Waals surface area (Å²) in [5, 5.41) is 3.08. The first-order valence-corrected chi connectivity index (χ1v) is 14.9. The summed E-state index contributed by atoms with van der Waals surface area (Å²) < 4.78 is 0.768. The van der Waals surface area contributed by atoms with Gasteiger partial charge in [-0.25, -0.2) is 0 Å². The van der Waals surface area contributed by atoms with E-state index in [-0.39, 0.29) is 29.9 Å². The number of pyridine rings is 1. The molecule has 6 nitrogen and oxygen atoms in total. The van der Waals surface area contributed by atoms with E-state index in [1.54, 1.807) is 6.21 Å². The highest BCUT2D eigenvalue weighted by molar-refractivity contribution is 14.1. The van der Waals surface area contributed by atoms with Gasteiger partial charge < -0.3 is 10.2 Å². The molecule has 2 amide bonds. The number of hydrogen-bond acceptors (Lipinski definition) is 4. The number of allylic oxidation sites excluding steroid dienone is 1. The molecule has 6 rings (SSSR count). The van der Waals surface area contributed by atoms with Crippen molar-refractivity contribution in [1.82, 2.24) is 15.2 Å². The van der Waals surface area contributed by atoms with E-state index in [1.165, 1.54) is 11.1 Å². The van der Waals surface area contributed by atoms with Crippen LogP contribution in [-0.2, 0) is 28.9 Å². The third-order valence-electron chi connectivity index (χ3n) is 8.69. The minimum absolute atomic E-state index is 0.0586. The molecule has 4 atom stereocenters. The number of nitrogens with zero attached hydrogens (tertiary/aromatic N) is 3. The number of rotatable bonds is 6. The van der Waals surface area contributed by atoms with Gasteiger partial charge in [0.1, 0.15) is 6.17 Å². The summed E-state index contributed by atoms with van der Waals surface area (Å²) in [5.41, 5.74) is 4.84. The monoisotopic (exact) mass is 620 g/mol. The molecule has 1 fully saturated rings. The van der Waals surface area contributed by atoms with Gasteiger partial charge in [0.15, 0.2) is 0 Å². The van der Waals surface area contributed by atoms with E-state index in [9.17, 15) is 9.59 Å². The Morgan fingerprint density at radius 2 is 2.11 bits per heavy atom. The van der Waals surface area contributed by atoms with Gasteiger partial charge in [0.05, 0.1) is 16.9 Å². The fourth-order valence-electron chi connectivity index (χ4n) is 6.57. The third kappa shape index (κ3) is 4.23. The number of benzene rings is 1. The molecule has 0 bridgehead atoms. The number of hydrogen-bond donors (Lipinski definition) is 1. The first kappa shape index (κ1) is 25.5. The molecule has 38 heavy (non-hydrogen) atoms. The van der Waals surface area contributed by atoms with Gasteiger partial charge in [-0.2, -0.15) is 0 Å². The molecule has 4 aliphatic rings. The lowest BCUT2D eigenvalue weighted by molar-refractivity contribution is -0.141. The highest BCUT2D eigenvalue weighted by Crippen LogP contribution is 2.48. The fourth-order valence-corrected chi connectivity index (χ4v) is 6.90. The van der Waals surface area contributed by atoms with Crippen molar-refractivity contribution in [1.29, 1.82) is 0 Å². The number of alkyl halides is 1. The second-order valence-electron chi connectivity index (χ2n) is 11.6. The molecular formula is C31H33IN4O2. The number of aromatic nitrogens is 1. The van der Waals surface area contributed by atoms with Gasteiger partial charge in [-0.1, -0.05) is 78.9 Å². The number of aryl methyl sites for hydroxylation is 1. The van der Waals surface area contributed by atoms with Crippen LogP contribution in [0.1, 0.15) is 54.3 Å². The van der Waals surface area contributed by atoms with Crippen LogP contribution in [0.5, 0.6) is 0 Å². The molecule has 1 aromatic carbocycles. The summed E-state index contributed by atoms with van der Waals surface area (Å²) in [7, 11) is 0. The lowest BCUT2D eigenvalue weighted by atomic mass is 9.73. The zero-order valence-corrected chi connectivity index (χ0v) is 24.0. The predicted molar refractivity (Wildman–Crippen MR) is 158 cm³/mol. The van der Waals surface area contributed by atoms with Gasteiger partial charge in [0, 0.05) is 41.4 Å². The van der Waals surface area contributed by atoms with Gasteiger partial charge in [-0.05, 0) is 53.7 Å². The van der Waals surface area contributed by atoms with E-state index in [0.29, 0.717) is 19.4 Å². The highest BCUT2D eigenvalue weighted by atomic mass is 127. The minimum Gasteiger partial charge on any atom is -0.333 e. The van der Waals surface area contributed by atoms with Crippen molar-refractivity contribution in [2.75, 3.05) is 11.0 Å². The third-order valence-corrected chi connectivity index (χ3v) is 10.6. The Labute approximate surface area is 237 Å². The minimum atomic E-state index is -0.499. The quantitative estimate of drug-likeness (QED) is 0.370. The standard InChI is InChI=1S/C31H33IN4O2/c1-30(2,19-32)29(38)36(26-12-11-21-8-3-4-9-23(21)26)14-6-7-20-15-22-16-31(17-25(22)34-18-20)24-10-5-13-33-27(24)35-28(31)37/h3-10,13,15,18,24,26-27H,11-12,14,16-17,19H2,1-2H3,(H,35,37)/b7-6+/t24?,26-,27?,31+/m1/s1. The van der Waals surface area contributed by atoms with Crippen LogP contribution in [0.2, 0.25) is 0 Å². The topological polar surface area (TPSA) is 74.7 Å². The number of aliphatic imine (C=N–C) groups is 1. The van der Waals surface area contributed by atoms with E-state index < -0.39 is 10.8 Å². The summed E-state index contributed by atoms with van der Waals surface area (Å²) >= 11 is 2.32. The van der Waals surface area contributed by atoms with Crippen molar-refractivity contribution >= 4 is 46.7 Å².